The van der Waals surface area contributed by atoms with Gasteiger partial charge in [0, 0.05) is 18.9 Å². The molecular weight excluding hydrogens is 268 g/mol. The second-order valence-corrected chi connectivity index (χ2v) is 4.64. The fourth-order valence-corrected chi connectivity index (χ4v) is 2.00. The van der Waals surface area contributed by atoms with Crippen LogP contribution in [0.25, 0.3) is 0 Å². The van der Waals surface area contributed by atoms with Gasteiger partial charge < -0.3 is 10.4 Å². The van der Waals surface area contributed by atoms with E-state index in [2.05, 4.69) is 10.3 Å². The first kappa shape index (κ1) is 14.7. The topological polar surface area (TPSA) is 79.3 Å². The van der Waals surface area contributed by atoms with E-state index in [0.29, 0.717) is 5.56 Å². The minimum absolute atomic E-state index is 0.0727. The number of carboxylic acid groups (broad SMARTS) is 1. The second-order valence-electron chi connectivity index (χ2n) is 4.64. The Kier molecular flexibility index (Phi) is 5.04. The van der Waals surface area contributed by atoms with E-state index in [-0.39, 0.29) is 18.9 Å². The van der Waals surface area contributed by atoms with Crippen LogP contribution in [-0.4, -0.2) is 28.5 Å². The molecule has 2 aromatic rings. The number of aromatic nitrogens is 1. The maximum absolute atomic E-state index is 11.8. The lowest BCUT2D eigenvalue weighted by molar-refractivity contribution is -0.138. The fourth-order valence-electron chi connectivity index (χ4n) is 2.00. The summed E-state index contributed by atoms with van der Waals surface area (Å²) in [6.07, 6.45) is 3.45. The number of amides is 1. The predicted octanol–water partition coefficient (Wildman–Crippen LogP) is 1.61. The zero-order chi connectivity index (χ0) is 15.1. The van der Waals surface area contributed by atoms with Gasteiger partial charge >= 0.3 is 5.97 Å². The number of hydrogen-bond donors (Lipinski definition) is 2. The van der Waals surface area contributed by atoms with Gasteiger partial charge in [-0.25, -0.2) is 0 Å². The third-order valence-electron chi connectivity index (χ3n) is 3.12. The molecule has 0 fully saturated rings. The number of hydrogen-bond acceptors (Lipinski definition) is 3. The Morgan fingerprint density at radius 1 is 1.10 bits per heavy atom. The second kappa shape index (κ2) is 7.19. The number of pyridine rings is 1. The average molecular weight is 284 g/mol. The third kappa shape index (κ3) is 4.42. The van der Waals surface area contributed by atoms with Crippen LogP contribution in [0, 0.1) is 0 Å². The molecule has 0 saturated heterocycles. The Bertz CT molecular complexity index is 599. The van der Waals surface area contributed by atoms with E-state index in [4.69, 9.17) is 0 Å². The molecular formula is C16H16N2O3. The molecule has 0 saturated carbocycles. The molecule has 0 bridgehead atoms. The summed E-state index contributed by atoms with van der Waals surface area (Å²) in [6, 6.07) is 12.4. The fraction of sp³-hybridized carbons (Fsp3) is 0.188. The van der Waals surface area contributed by atoms with Crippen LogP contribution in [0.15, 0.2) is 54.9 Å². The number of rotatable bonds is 6. The number of nitrogens with one attached hydrogen (secondary N) is 1. The zero-order valence-corrected chi connectivity index (χ0v) is 11.4. The highest BCUT2D eigenvalue weighted by atomic mass is 16.4. The van der Waals surface area contributed by atoms with Gasteiger partial charge in [0.25, 0.3) is 0 Å². The Hall–Kier alpha value is -2.69. The molecule has 1 atom stereocenters. The Morgan fingerprint density at radius 3 is 2.38 bits per heavy atom. The molecule has 108 valence electrons. The highest BCUT2D eigenvalue weighted by Gasteiger charge is 2.20. The quantitative estimate of drug-likeness (QED) is 0.844. The number of benzene rings is 1. The molecule has 21 heavy (non-hydrogen) atoms. The predicted molar refractivity (Wildman–Crippen MR) is 77.8 cm³/mol. The van der Waals surface area contributed by atoms with Gasteiger partial charge in [0.1, 0.15) is 0 Å². The highest BCUT2D eigenvalue weighted by molar-refractivity contribution is 5.81. The molecule has 0 aliphatic heterocycles. The van der Waals surface area contributed by atoms with Gasteiger partial charge in [-0.1, -0.05) is 30.3 Å². The summed E-state index contributed by atoms with van der Waals surface area (Å²) in [6.45, 7) is 0.0727. The molecule has 1 amide bonds. The first-order valence-electron chi connectivity index (χ1n) is 6.60. The summed E-state index contributed by atoms with van der Waals surface area (Å²) in [4.78, 5) is 27.0. The normalized spacial score (nSPS) is 11.6. The molecule has 0 spiro atoms. The maximum atomic E-state index is 11.8. The lowest BCUT2D eigenvalue weighted by Crippen LogP contribution is -2.32. The maximum Gasteiger partial charge on any atom is 0.312 e. The number of aliphatic carboxylic acids is 1. The number of nitrogens with zero attached hydrogens (tertiary/aromatic N) is 1. The molecule has 1 aromatic carbocycles. The van der Waals surface area contributed by atoms with Crippen LogP contribution >= 0.6 is 0 Å². The van der Waals surface area contributed by atoms with Crippen molar-refractivity contribution in [2.24, 2.45) is 0 Å². The van der Waals surface area contributed by atoms with Crippen LogP contribution in [0.1, 0.15) is 17.0 Å². The van der Waals surface area contributed by atoms with Gasteiger partial charge in [-0.15, -0.1) is 0 Å². The van der Waals surface area contributed by atoms with Gasteiger partial charge in [-0.3, -0.25) is 14.6 Å². The van der Waals surface area contributed by atoms with Gasteiger partial charge in [-0.2, -0.15) is 0 Å². The van der Waals surface area contributed by atoms with Crippen LogP contribution < -0.4 is 5.32 Å². The van der Waals surface area contributed by atoms with E-state index in [1.54, 1.807) is 48.8 Å². The molecule has 2 rings (SSSR count). The zero-order valence-electron chi connectivity index (χ0n) is 11.4. The van der Waals surface area contributed by atoms with Crippen LogP contribution in [0.2, 0.25) is 0 Å². The average Bonchev–Trinajstić information content (AvgIpc) is 2.49. The monoisotopic (exact) mass is 284 g/mol. The number of carbonyl (C=O) groups excluding carboxylic acids is 1. The number of carbonyl (C=O) groups is 2. The van der Waals surface area contributed by atoms with Crippen molar-refractivity contribution in [2.75, 3.05) is 6.54 Å². The Balaban J connectivity index is 1.93. The summed E-state index contributed by atoms with van der Waals surface area (Å²) in [5.41, 5.74) is 1.52. The first-order chi connectivity index (χ1) is 10.2. The molecule has 1 heterocycles. The van der Waals surface area contributed by atoms with Crippen molar-refractivity contribution >= 4 is 11.9 Å². The molecule has 0 aliphatic carbocycles. The van der Waals surface area contributed by atoms with Crippen LogP contribution in [0.5, 0.6) is 0 Å². The summed E-state index contributed by atoms with van der Waals surface area (Å²) in [5, 5.41) is 11.9. The van der Waals surface area contributed by atoms with Gasteiger partial charge in [-0.05, 0) is 23.3 Å². The summed E-state index contributed by atoms with van der Waals surface area (Å²) < 4.78 is 0. The molecule has 2 N–H and O–H groups in total. The van der Waals surface area contributed by atoms with Crippen molar-refractivity contribution in [3.05, 3.63) is 66.0 Å². The molecule has 1 unspecified atom stereocenters. The molecule has 0 radical (unpaired) electrons. The molecule has 5 heteroatoms. The van der Waals surface area contributed by atoms with Crippen molar-refractivity contribution in [3.8, 4) is 0 Å². The van der Waals surface area contributed by atoms with E-state index < -0.39 is 11.9 Å². The molecule has 5 nitrogen and oxygen atoms in total. The molecule has 1 aromatic heterocycles. The minimum atomic E-state index is -0.953. The molecule has 0 aliphatic rings. The van der Waals surface area contributed by atoms with Gasteiger partial charge in [0.2, 0.25) is 5.91 Å². The van der Waals surface area contributed by atoms with Crippen molar-refractivity contribution in [1.82, 2.24) is 10.3 Å². The third-order valence-corrected chi connectivity index (χ3v) is 3.12. The van der Waals surface area contributed by atoms with Crippen LogP contribution in [0.4, 0.5) is 0 Å². The van der Waals surface area contributed by atoms with Crippen molar-refractivity contribution in [2.45, 2.75) is 12.3 Å². The van der Waals surface area contributed by atoms with Crippen molar-refractivity contribution in [1.29, 1.82) is 0 Å². The largest absolute Gasteiger partial charge is 0.481 e. The van der Waals surface area contributed by atoms with Crippen LogP contribution in [0.3, 0.4) is 0 Å². The Morgan fingerprint density at radius 2 is 1.76 bits per heavy atom. The van der Waals surface area contributed by atoms with Crippen molar-refractivity contribution in [3.63, 3.8) is 0 Å². The smallest absolute Gasteiger partial charge is 0.312 e. The lowest BCUT2D eigenvalue weighted by Gasteiger charge is -2.13. The van der Waals surface area contributed by atoms with E-state index in [1.165, 1.54) is 0 Å². The first-order valence-corrected chi connectivity index (χ1v) is 6.60. The van der Waals surface area contributed by atoms with Gasteiger partial charge in [0.05, 0.1) is 12.3 Å². The van der Waals surface area contributed by atoms with E-state index in [0.717, 1.165) is 5.56 Å². The highest BCUT2D eigenvalue weighted by Crippen LogP contribution is 2.14. The van der Waals surface area contributed by atoms with Crippen LogP contribution in [-0.2, 0) is 16.0 Å². The van der Waals surface area contributed by atoms with Gasteiger partial charge in [0.15, 0.2) is 0 Å². The van der Waals surface area contributed by atoms with Crippen molar-refractivity contribution < 1.29 is 14.7 Å². The Labute approximate surface area is 122 Å². The summed E-state index contributed by atoms with van der Waals surface area (Å²) >= 11 is 0. The summed E-state index contributed by atoms with van der Waals surface area (Å²) in [5.74, 6) is -1.90. The lowest BCUT2D eigenvalue weighted by atomic mass is 9.99. The SMILES string of the molecule is O=C(Cc1ccncc1)NCC(C(=O)O)c1ccccc1. The van der Waals surface area contributed by atoms with E-state index in [1.807, 2.05) is 6.07 Å². The van der Waals surface area contributed by atoms with E-state index in [9.17, 15) is 14.7 Å². The summed E-state index contributed by atoms with van der Waals surface area (Å²) in [7, 11) is 0. The minimum Gasteiger partial charge on any atom is -0.481 e. The number of carboxylic acids is 1. The standard InChI is InChI=1S/C16H16N2O3/c19-15(10-12-6-8-17-9-7-12)18-11-14(16(20)21)13-4-2-1-3-5-13/h1-9,14H,10-11H2,(H,18,19)(H,20,21). The van der Waals surface area contributed by atoms with E-state index >= 15 is 0 Å².